The molecule has 0 atom stereocenters. The second-order valence-corrected chi connectivity index (χ2v) is 5.39. The number of hydrogen-bond acceptors (Lipinski definition) is 2. The van der Waals surface area contributed by atoms with Crippen LogP contribution in [-0.4, -0.2) is 14.8 Å². The van der Waals surface area contributed by atoms with Gasteiger partial charge in [0, 0.05) is 29.9 Å². The predicted molar refractivity (Wildman–Crippen MR) is 82.7 cm³/mol. The molecule has 20 heavy (non-hydrogen) atoms. The summed E-state index contributed by atoms with van der Waals surface area (Å²) in [4.78, 5) is 4.50. The molecule has 3 rings (SSSR count). The van der Waals surface area contributed by atoms with Gasteiger partial charge in [-0.1, -0.05) is 19.9 Å². The maximum atomic E-state index is 4.51. The maximum absolute atomic E-state index is 4.51. The van der Waals surface area contributed by atoms with Crippen molar-refractivity contribution in [1.82, 2.24) is 14.8 Å². The van der Waals surface area contributed by atoms with Crippen molar-refractivity contribution in [2.45, 2.75) is 33.2 Å². The molecule has 0 aliphatic carbocycles. The Labute approximate surface area is 119 Å². The number of pyridine rings is 1. The molecule has 0 radical (unpaired) electrons. The Balaban J connectivity index is 2.07. The highest BCUT2D eigenvalue weighted by molar-refractivity contribution is 5.83. The van der Waals surface area contributed by atoms with Gasteiger partial charge in [0.25, 0.3) is 0 Å². The zero-order valence-corrected chi connectivity index (χ0v) is 12.2. The van der Waals surface area contributed by atoms with Gasteiger partial charge >= 0.3 is 0 Å². The molecule has 0 fully saturated rings. The summed E-state index contributed by atoms with van der Waals surface area (Å²) in [5, 5.41) is 5.68. The van der Waals surface area contributed by atoms with E-state index in [-0.39, 0.29) is 0 Å². The summed E-state index contributed by atoms with van der Waals surface area (Å²) in [6.07, 6.45) is 3.98. The van der Waals surface area contributed by atoms with Crippen molar-refractivity contribution < 1.29 is 0 Å². The van der Waals surface area contributed by atoms with Gasteiger partial charge in [-0.2, -0.15) is 5.10 Å². The number of aryl methyl sites for hydroxylation is 1. The van der Waals surface area contributed by atoms with Crippen LogP contribution in [0.4, 0.5) is 0 Å². The first-order chi connectivity index (χ1) is 9.67. The minimum absolute atomic E-state index is 0.517. The van der Waals surface area contributed by atoms with E-state index in [1.165, 1.54) is 10.9 Å². The molecule has 3 heteroatoms. The first-order valence-electron chi connectivity index (χ1n) is 7.11. The van der Waals surface area contributed by atoms with Crippen LogP contribution in [0.25, 0.3) is 22.2 Å². The predicted octanol–water partition coefficient (Wildman–Crippen LogP) is 4.24. The highest BCUT2D eigenvalue weighted by atomic mass is 15.3. The Morgan fingerprint density at radius 2 is 2.00 bits per heavy atom. The Morgan fingerprint density at radius 3 is 2.75 bits per heavy atom. The van der Waals surface area contributed by atoms with E-state index in [2.05, 4.69) is 67.4 Å². The van der Waals surface area contributed by atoms with Crippen LogP contribution in [0, 0.1) is 0 Å². The summed E-state index contributed by atoms with van der Waals surface area (Å²) in [6.45, 7) is 7.40. The van der Waals surface area contributed by atoms with Crippen LogP contribution in [-0.2, 0) is 6.54 Å². The van der Waals surface area contributed by atoms with Gasteiger partial charge in [-0.05, 0) is 42.7 Å². The van der Waals surface area contributed by atoms with Gasteiger partial charge in [0.1, 0.15) is 0 Å². The number of hydrogen-bond donors (Lipinski definition) is 0. The molecule has 2 aromatic heterocycles. The molecule has 0 aliphatic rings. The first kappa shape index (κ1) is 12.9. The molecule has 0 saturated carbocycles. The average molecular weight is 265 g/mol. The van der Waals surface area contributed by atoms with Crippen molar-refractivity contribution in [3.05, 3.63) is 48.3 Å². The molecule has 0 aliphatic heterocycles. The molecule has 2 heterocycles. The zero-order valence-electron chi connectivity index (χ0n) is 12.2. The Kier molecular flexibility index (Phi) is 3.26. The molecule has 0 bridgehead atoms. The molecule has 3 aromatic rings. The van der Waals surface area contributed by atoms with E-state index < -0.39 is 0 Å². The van der Waals surface area contributed by atoms with Gasteiger partial charge in [-0.15, -0.1) is 0 Å². The van der Waals surface area contributed by atoms with E-state index in [0.29, 0.717) is 5.92 Å². The largest absolute Gasteiger partial charge is 0.272 e. The minimum Gasteiger partial charge on any atom is -0.272 e. The summed E-state index contributed by atoms with van der Waals surface area (Å²) in [5.41, 5.74) is 4.54. The zero-order chi connectivity index (χ0) is 14.1. The van der Waals surface area contributed by atoms with Crippen LogP contribution in [0.2, 0.25) is 0 Å². The minimum atomic E-state index is 0.517. The number of aromatic nitrogens is 3. The van der Waals surface area contributed by atoms with Crippen molar-refractivity contribution in [3.63, 3.8) is 0 Å². The molecule has 0 amide bonds. The van der Waals surface area contributed by atoms with Crippen LogP contribution in [0.5, 0.6) is 0 Å². The van der Waals surface area contributed by atoms with Gasteiger partial charge in [0.05, 0.1) is 11.2 Å². The van der Waals surface area contributed by atoms with Crippen LogP contribution in [0.1, 0.15) is 32.3 Å². The smallest absolute Gasteiger partial charge is 0.0923 e. The highest BCUT2D eigenvalue weighted by Crippen LogP contribution is 2.25. The van der Waals surface area contributed by atoms with Crippen molar-refractivity contribution in [1.29, 1.82) is 0 Å². The third-order valence-electron chi connectivity index (χ3n) is 3.62. The highest BCUT2D eigenvalue weighted by Gasteiger charge is 2.06. The normalized spacial score (nSPS) is 11.4. The van der Waals surface area contributed by atoms with Gasteiger partial charge in [0.2, 0.25) is 0 Å². The number of fused-ring (bicyclic) bond motifs is 1. The third-order valence-corrected chi connectivity index (χ3v) is 3.62. The second-order valence-electron chi connectivity index (χ2n) is 5.39. The fourth-order valence-electron chi connectivity index (χ4n) is 2.36. The van der Waals surface area contributed by atoms with Crippen molar-refractivity contribution in [2.24, 2.45) is 0 Å². The van der Waals surface area contributed by atoms with Crippen molar-refractivity contribution in [2.75, 3.05) is 0 Å². The van der Waals surface area contributed by atoms with E-state index in [0.717, 1.165) is 23.3 Å². The average Bonchev–Trinajstić information content (AvgIpc) is 2.89. The molecular formula is C17H19N3. The fourth-order valence-corrected chi connectivity index (χ4v) is 2.36. The number of benzene rings is 1. The van der Waals surface area contributed by atoms with Crippen LogP contribution < -0.4 is 0 Å². The Morgan fingerprint density at radius 1 is 1.15 bits per heavy atom. The van der Waals surface area contributed by atoms with Crippen molar-refractivity contribution in [3.8, 4) is 11.3 Å². The molecule has 1 aromatic carbocycles. The molecular weight excluding hydrogens is 246 g/mol. The van der Waals surface area contributed by atoms with E-state index in [9.17, 15) is 0 Å². The van der Waals surface area contributed by atoms with Gasteiger partial charge < -0.3 is 0 Å². The molecule has 0 saturated heterocycles. The van der Waals surface area contributed by atoms with E-state index in [1.54, 1.807) is 0 Å². The van der Waals surface area contributed by atoms with Gasteiger partial charge in [-0.3, -0.25) is 9.67 Å². The molecule has 0 N–H and O–H groups in total. The monoisotopic (exact) mass is 265 g/mol. The maximum Gasteiger partial charge on any atom is 0.0923 e. The lowest BCUT2D eigenvalue weighted by Gasteiger charge is -2.07. The summed E-state index contributed by atoms with van der Waals surface area (Å²) in [7, 11) is 0. The third kappa shape index (κ3) is 2.31. The standard InChI is InChI=1S/C17H19N3/c1-4-20-11-15-9-14(5-6-16(15)19-20)17-10-13(12(2)3)7-8-18-17/h5-12H,4H2,1-3H3. The topological polar surface area (TPSA) is 30.7 Å². The molecule has 0 unspecified atom stereocenters. The Hall–Kier alpha value is -2.16. The summed E-state index contributed by atoms with van der Waals surface area (Å²) < 4.78 is 1.96. The van der Waals surface area contributed by atoms with E-state index in [1.807, 2.05) is 10.9 Å². The summed E-state index contributed by atoms with van der Waals surface area (Å²) in [5.74, 6) is 0.517. The number of nitrogens with zero attached hydrogens (tertiary/aromatic N) is 3. The van der Waals surface area contributed by atoms with Crippen LogP contribution in [0.3, 0.4) is 0 Å². The SMILES string of the molecule is CCn1cc2cc(-c3cc(C(C)C)ccn3)ccc2n1. The molecule has 3 nitrogen and oxygen atoms in total. The number of rotatable bonds is 3. The fraction of sp³-hybridized carbons (Fsp3) is 0.294. The quantitative estimate of drug-likeness (QED) is 0.709. The second kappa shape index (κ2) is 5.08. The molecule has 102 valence electrons. The van der Waals surface area contributed by atoms with Crippen LogP contribution >= 0.6 is 0 Å². The lowest BCUT2D eigenvalue weighted by molar-refractivity contribution is 0.668. The van der Waals surface area contributed by atoms with E-state index >= 15 is 0 Å². The molecule has 0 spiro atoms. The Bertz CT molecular complexity index is 741. The summed E-state index contributed by atoms with van der Waals surface area (Å²) >= 11 is 0. The van der Waals surface area contributed by atoms with E-state index in [4.69, 9.17) is 0 Å². The lowest BCUT2D eigenvalue weighted by atomic mass is 10.0. The first-order valence-corrected chi connectivity index (χ1v) is 7.11. The van der Waals surface area contributed by atoms with Gasteiger partial charge in [0.15, 0.2) is 0 Å². The lowest BCUT2D eigenvalue weighted by Crippen LogP contribution is -1.92. The van der Waals surface area contributed by atoms with Gasteiger partial charge in [-0.25, -0.2) is 0 Å². The summed E-state index contributed by atoms with van der Waals surface area (Å²) in [6, 6.07) is 10.6. The van der Waals surface area contributed by atoms with Crippen LogP contribution in [0.15, 0.2) is 42.7 Å². The van der Waals surface area contributed by atoms with Crippen molar-refractivity contribution >= 4 is 10.9 Å².